The van der Waals surface area contributed by atoms with Crippen LogP contribution >= 0.6 is 0 Å². The van der Waals surface area contributed by atoms with Crippen LogP contribution in [0.25, 0.3) is 0 Å². The van der Waals surface area contributed by atoms with Gasteiger partial charge >= 0.3 is 12.0 Å². The molecule has 174 valence electrons. The molecule has 33 heavy (non-hydrogen) atoms. The van der Waals surface area contributed by atoms with Gasteiger partial charge in [-0.05, 0) is 36.8 Å². The van der Waals surface area contributed by atoms with Gasteiger partial charge in [0.25, 0.3) is 0 Å². The van der Waals surface area contributed by atoms with E-state index in [9.17, 15) is 9.59 Å². The third kappa shape index (κ3) is 5.12. The van der Waals surface area contributed by atoms with Crippen LogP contribution in [-0.2, 0) is 9.53 Å². The molecule has 0 radical (unpaired) electrons. The van der Waals surface area contributed by atoms with Gasteiger partial charge in [-0.3, -0.25) is 4.90 Å². The van der Waals surface area contributed by atoms with E-state index in [1.54, 1.807) is 7.11 Å². The number of rotatable bonds is 6. The second-order valence-corrected chi connectivity index (χ2v) is 8.29. The normalized spacial score (nSPS) is 19.1. The number of aryl methyl sites for hydroxylation is 1. The summed E-state index contributed by atoms with van der Waals surface area (Å²) in [6.45, 7) is 5.94. The van der Waals surface area contributed by atoms with E-state index in [-0.39, 0.29) is 6.03 Å². The maximum Gasteiger partial charge on any atom is 0.338 e. The first kappa shape index (κ1) is 22.7. The quantitative estimate of drug-likeness (QED) is 0.659. The van der Waals surface area contributed by atoms with Gasteiger partial charge < -0.3 is 25.0 Å². The van der Waals surface area contributed by atoms with E-state index in [1.807, 2.05) is 24.3 Å². The van der Waals surface area contributed by atoms with E-state index in [2.05, 4.69) is 51.6 Å². The summed E-state index contributed by atoms with van der Waals surface area (Å²) in [6, 6.07) is 14.9. The van der Waals surface area contributed by atoms with Crippen LogP contribution in [0.1, 0.15) is 17.2 Å². The lowest BCUT2D eigenvalue weighted by atomic mass is 9.95. The Balaban J connectivity index is 1.53. The number of anilines is 1. The number of amides is 2. The third-order valence-corrected chi connectivity index (χ3v) is 6.16. The van der Waals surface area contributed by atoms with Crippen LogP contribution < -0.4 is 20.3 Å². The minimum absolute atomic E-state index is 0.336. The molecule has 2 aromatic carbocycles. The van der Waals surface area contributed by atoms with Crippen molar-refractivity contribution in [3.8, 4) is 5.75 Å². The van der Waals surface area contributed by atoms with Crippen molar-refractivity contribution in [2.75, 3.05) is 51.8 Å². The van der Waals surface area contributed by atoms with E-state index < -0.39 is 12.0 Å². The van der Waals surface area contributed by atoms with E-state index >= 15 is 0 Å². The van der Waals surface area contributed by atoms with E-state index in [4.69, 9.17) is 9.47 Å². The Labute approximate surface area is 194 Å². The molecule has 2 amide bonds. The first-order valence-corrected chi connectivity index (χ1v) is 11.1. The molecule has 0 aliphatic carbocycles. The minimum Gasteiger partial charge on any atom is -0.497 e. The number of nitrogens with zero attached hydrogens (tertiary/aromatic N) is 2. The number of nitrogens with one attached hydrogen (secondary N) is 2. The lowest BCUT2D eigenvalue weighted by Crippen LogP contribution is -2.51. The van der Waals surface area contributed by atoms with Gasteiger partial charge in [0.1, 0.15) is 5.75 Å². The molecule has 2 aliphatic heterocycles. The van der Waals surface area contributed by atoms with Crippen LogP contribution in [0.5, 0.6) is 5.75 Å². The van der Waals surface area contributed by atoms with Gasteiger partial charge in [0.2, 0.25) is 0 Å². The fourth-order valence-corrected chi connectivity index (χ4v) is 4.28. The molecule has 8 heteroatoms. The number of methoxy groups -OCH3 is 2. The van der Waals surface area contributed by atoms with Gasteiger partial charge in [0.05, 0.1) is 25.8 Å². The molecule has 0 saturated carbocycles. The number of hydrogen-bond donors (Lipinski definition) is 2. The van der Waals surface area contributed by atoms with Crippen LogP contribution in [0.3, 0.4) is 0 Å². The monoisotopic (exact) mass is 450 g/mol. The van der Waals surface area contributed by atoms with Gasteiger partial charge in [-0.15, -0.1) is 0 Å². The van der Waals surface area contributed by atoms with Crippen molar-refractivity contribution in [2.45, 2.75) is 13.0 Å². The predicted octanol–water partition coefficient (Wildman–Crippen LogP) is 2.61. The number of benzene rings is 2. The van der Waals surface area contributed by atoms with Crippen LogP contribution in [0.2, 0.25) is 0 Å². The largest absolute Gasteiger partial charge is 0.497 e. The van der Waals surface area contributed by atoms with Crippen molar-refractivity contribution in [2.24, 2.45) is 0 Å². The molecule has 2 N–H and O–H groups in total. The van der Waals surface area contributed by atoms with Crippen molar-refractivity contribution in [1.82, 2.24) is 15.5 Å². The number of carbonyl (C=O) groups excluding carboxylic acids is 2. The Bertz CT molecular complexity index is 1030. The Morgan fingerprint density at radius 1 is 1.00 bits per heavy atom. The van der Waals surface area contributed by atoms with E-state index in [0.717, 1.165) is 31.7 Å². The lowest BCUT2D eigenvalue weighted by Gasteiger charge is -2.38. The molecule has 2 aromatic rings. The topological polar surface area (TPSA) is 83.1 Å². The molecule has 2 aliphatic rings. The average molecular weight is 451 g/mol. The fraction of sp³-hybridized carbons (Fsp3) is 0.360. The lowest BCUT2D eigenvalue weighted by molar-refractivity contribution is -0.136. The molecule has 8 nitrogen and oxygen atoms in total. The number of ether oxygens (including phenoxy) is 2. The predicted molar refractivity (Wildman–Crippen MR) is 126 cm³/mol. The van der Waals surface area contributed by atoms with Crippen LogP contribution in [0.4, 0.5) is 10.5 Å². The zero-order chi connectivity index (χ0) is 23.4. The highest BCUT2D eigenvalue weighted by atomic mass is 16.5. The highest BCUT2D eigenvalue weighted by molar-refractivity contribution is 5.95. The van der Waals surface area contributed by atoms with E-state index in [1.165, 1.54) is 18.4 Å². The Kier molecular flexibility index (Phi) is 6.84. The molecule has 0 spiro atoms. The minimum atomic E-state index is -0.596. The standard InChI is InChI=1S/C25H30N4O4/c1-17-4-8-19(9-5-17)29-14-12-28(13-15-29)16-21-22(24(30)33-3)23(27-25(31)26-21)18-6-10-20(32-2)11-7-18/h4-11,23H,12-16H2,1-3H3,(H2,26,27,31)/t23-/m1/s1. The number of esters is 1. The maximum absolute atomic E-state index is 12.8. The van der Waals surface area contributed by atoms with Crippen molar-refractivity contribution in [1.29, 1.82) is 0 Å². The number of hydrogen-bond acceptors (Lipinski definition) is 6. The number of piperazine rings is 1. The molecule has 1 saturated heterocycles. The fourth-order valence-electron chi connectivity index (χ4n) is 4.28. The molecule has 2 heterocycles. The zero-order valence-electron chi connectivity index (χ0n) is 19.3. The molecule has 0 aromatic heterocycles. The zero-order valence-corrected chi connectivity index (χ0v) is 19.3. The summed E-state index contributed by atoms with van der Waals surface area (Å²) in [5.74, 6) is 0.242. The first-order valence-electron chi connectivity index (χ1n) is 11.1. The second kappa shape index (κ2) is 9.95. The molecule has 0 bridgehead atoms. The summed E-state index contributed by atoms with van der Waals surface area (Å²) >= 11 is 0. The molecular formula is C25H30N4O4. The number of carbonyl (C=O) groups is 2. The summed E-state index contributed by atoms with van der Waals surface area (Å²) in [4.78, 5) is 29.9. The Morgan fingerprint density at radius 2 is 1.67 bits per heavy atom. The SMILES string of the molecule is COC(=O)C1=C(CN2CCN(c3ccc(C)cc3)CC2)NC(=O)N[C@@H]1c1ccc(OC)cc1. The summed E-state index contributed by atoms with van der Waals surface area (Å²) in [5, 5.41) is 5.71. The third-order valence-electron chi connectivity index (χ3n) is 6.16. The Hall–Kier alpha value is -3.52. The maximum atomic E-state index is 12.8. The molecule has 4 rings (SSSR count). The van der Waals surface area contributed by atoms with Crippen molar-refractivity contribution in [3.63, 3.8) is 0 Å². The van der Waals surface area contributed by atoms with Gasteiger partial charge in [0.15, 0.2) is 0 Å². The average Bonchev–Trinajstić information content (AvgIpc) is 2.84. The van der Waals surface area contributed by atoms with Crippen molar-refractivity contribution >= 4 is 17.7 Å². The molecule has 1 atom stereocenters. The number of urea groups is 1. The highest BCUT2D eigenvalue weighted by Gasteiger charge is 2.34. The smallest absolute Gasteiger partial charge is 0.338 e. The second-order valence-electron chi connectivity index (χ2n) is 8.29. The Morgan fingerprint density at radius 3 is 2.27 bits per heavy atom. The van der Waals surface area contributed by atoms with Crippen LogP contribution in [0, 0.1) is 6.92 Å². The van der Waals surface area contributed by atoms with Gasteiger partial charge in [-0.1, -0.05) is 29.8 Å². The molecular weight excluding hydrogens is 420 g/mol. The van der Waals surface area contributed by atoms with Crippen LogP contribution in [-0.4, -0.2) is 63.8 Å². The highest BCUT2D eigenvalue weighted by Crippen LogP contribution is 2.29. The van der Waals surface area contributed by atoms with Gasteiger partial charge in [0, 0.05) is 44.1 Å². The van der Waals surface area contributed by atoms with Gasteiger partial charge in [-0.2, -0.15) is 0 Å². The summed E-state index contributed by atoms with van der Waals surface area (Å²) in [6.07, 6.45) is 0. The summed E-state index contributed by atoms with van der Waals surface area (Å²) < 4.78 is 10.3. The van der Waals surface area contributed by atoms with Crippen molar-refractivity contribution < 1.29 is 19.1 Å². The van der Waals surface area contributed by atoms with Gasteiger partial charge in [-0.25, -0.2) is 9.59 Å². The molecule has 1 fully saturated rings. The van der Waals surface area contributed by atoms with Crippen molar-refractivity contribution in [3.05, 3.63) is 70.9 Å². The first-order chi connectivity index (χ1) is 16.0. The summed E-state index contributed by atoms with van der Waals surface area (Å²) in [7, 11) is 2.95. The summed E-state index contributed by atoms with van der Waals surface area (Å²) in [5.41, 5.74) is 4.24. The molecule has 0 unspecified atom stereocenters. The van der Waals surface area contributed by atoms with Crippen LogP contribution in [0.15, 0.2) is 59.8 Å². The van der Waals surface area contributed by atoms with E-state index in [0.29, 0.717) is 23.6 Å².